The van der Waals surface area contributed by atoms with Crippen LogP contribution in [0.5, 0.6) is 5.75 Å². The fraction of sp³-hybridized carbons (Fsp3) is 0.263. The number of hydrogen-bond acceptors (Lipinski definition) is 5. The number of likely N-dealkylation sites (N-methyl/N-ethyl adjacent to an activating group) is 1. The van der Waals surface area contributed by atoms with Crippen LogP contribution in [0.25, 0.3) is 0 Å². The predicted molar refractivity (Wildman–Crippen MR) is 105 cm³/mol. The lowest BCUT2D eigenvalue weighted by Gasteiger charge is -2.18. The number of sulfonamides is 1. The van der Waals surface area contributed by atoms with Gasteiger partial charge in [0.25, 0.3) is 15.9 Å². The minimum Gasteiger partial charge on any atom is -0.484 e. The largest absolute Gasteiger partial charge is 0.484 e. The number of ether oxygens (including phenoxy) is 1. The molecule has 0 bridgehead atoms. The van der Waals surface area contributed by atoms with Gasteiger partial charge in [0.1, 0.15) is 5.75 Å². The molecule has 0 atom stereocenters. The lowest BCUT2D eigenvalue weighted by Crippen LogP contribution is -2.28. The molecule has 1 aliphatic heterocycles. The number of carbonyl (C=O) groups excluding carboxylic acids is 2. The van der Waals surface area contributed by atoms with Gasteiger partial charge in [0, 0.05) is 24.7 Å². The summed E-state index contributed by atoms with van der Waals surface area (Å²) in [6.07, 6.45) is 0.822. The maximum Gasteiger partial charge on any atom is 0.261 e. The molecule has 0 radical (unpaired) electrons. The SMILES string of the molecule is CCNC(=O)COc1cccc(NS(=O)(=O)c2ccc3c(c2)CCC(=O)N3)c1. The van der Waals surface area contributed by atoms with Crippen LogP contribution in [0.3, 0.4) is 0 Å². The molecule has 0 unspecified atom stereocenters. The first-order valence-electron chi connectivity index (χ1n) is 8.82. The second-order valence-corrected chi connectivity index (χ2v) is 7.93. The molecule has 0 fully saturated rings. The van der Waals surface area contributed by atoms with Crippen LogP contribution in [0.2, 0.25) is 0 Å². The molecule has 1 heterocycles. The molecule has 148 valence electrons. The zero-order chi connectivity index (χ0) is 20.1. The summed E-state index contributed by atoms with van der Waals surface area (Å²) in [5.74, 6) is 0.0416. The van der Waals surface area contributed by atoms with E-state index in [0.29, 0.717) is 36.5 Å². The Morgan fingerprint density at radius 3 is 2.79 bits per heavy atom. The molecule has 0 aromatic heterocycles. The summed E-state index contributed by atoms with van der Waals surface area (Å²) in [6.45, 7) is 2.16. The quantitative estimate of drug-likeness (QED) is 0.653. The van der Waals surface area contributed by atoms with E-state index in [2.05, 4.69) is 15.4 Å². The Labute approximate surface area is 163 Å². The van der Waals surface area contributed by atoms with E-state index in [1.54, 1.807) is 30.3 Å². The summed E-state index contributed by atoms with van der Waals surface area (Å²) in [5.41, 5.74) is 1.73. The second kappa shape index (κ2) is 8.30. The fourth-order valence-electron chi connectivity index (χ4n) is 2.79. The molecular formula is C19H21N3O5S. The van der Waals surface area contributed by atoms with Crippen molar-refractivity contribution in [2.45, 2.75) is 24.7 Å². The third-order valence-electron chi connectivity index (χ3n) is 4.11. The van der Waals surface area contributed by atoms with Crippen LogP contribution >= 0.6 is 0 Å². The summed E-state index contributed by atoms with van der Waals surface area (Å²) in [6, 6.07) is 11.0. The van der Waals surface area contributed by atoms with Gasteiger partial charge in [-0.15, -0.1) is 0 Å². The molecule has 1 aliphatic rings. The molecule has 0 saturated heterocycles. The Kier molecular flexibility index (Phi) is 5.84. The Morgan fingerprint density at radius 1 is 1.18 bits per heavy atom. The standard InChI is InChI=1S/C19H21N3O5S/c1-2-20-19(24)12-27-15-5-3-4-14(11-15)22-28(25,26)16-7-8-17-13(10-16)6-9-18(23)21-17/h3-5,7-8,10-11,22H,2,6,9,12H2,1H3,(H,20,24)(H,21,23). The molecule has 0 saturated carbocycles. The molecule has 8 nitrogen and oxygen atoms in total. The molecule has 2 amide bonds. The van der Waals surface area contributed by atoms with Crippen molar-refractivity contribution >= 4 is 33.2 Å². The first-order chi connectivity index (χ1) is 13.4. The predicted octanol–water partition coefficient (Wildman–Crippen LogP) is 1.89. The maximum atomic E-state index is 12.7. The average molecular weight is 403 g/mol. The summed E-state index contributed by atoms with van der Waals surface area (Å²) < 4.78 is 33.3. The van der Waals surface area contributed by atoms with Crippen molar-refractivity contribution in [3.05, 3.63) is 48.0 Å². The van der Waals surface area contributed by atoms with Gasteiger partial charge in [-0.05, 0) is 49.2 Å². The van der Waals surface area contributed by atoms with Gasteiger partial charge in [-0.3, -0.25) is 14.3 Å². The number of hydrogen-bond donors (Lipinski definition) is 3. The number of aryl methyl sites for hydroxylation is 1. The highest BCUT2D eigenvalue weighted by molar-refractivity contribution is 7.92. The van der Waals surface area contributed by atoms with Crippen LogP contribution in [-0.4, -0.2) is 33.4 Å². The van der Waals surface area contributed by atoms with E-state index in [0.717, 1.165) is 5.56 Å². The Balaban J connectivity index is 1.73. The summed E-state index contributed by atoms with van der Waals surface area (Å²) in [4.78, 5) is 23.0. The van der Waals surface area contributed by atoms with Crippen molar-refractivity contribution in [3.63, 3.8) is 0 Å². The fourth-order valence-corrected chi connectivity index (χ4v) is 3.89. The highest BCUT2D eigenvalue weighted by Crippen LogP contribution is 2.27. The first kappa shape index (κ1) is 19.7. The minimum absolute atomic E-state index is 0.0781. The van der Waals surface area contributed by atoms with E-state index in [1.165, 1.54) is 12.1 Å². The molecule has 2 aromatic carbocycles. The van der Waals surface area contributed by atoms with Gasteiger partial charge in [0.15, 0.2) is 6.61 Å². The van der Waals surface area contributed by atoms with Crippen LogP contribution in [0.15, 0.2) is 47.4 Å². The van der Waals surface area contributed by atoms with Crippen molar-refractivity contribution in [1.29, 1.82) is 0 Å². The van der Waals surface area contributed by atoms with E-state index in [4.69, 9.17) is 4.74 Å². The number of nitrogens with one attached hydrogen (secondary N) is 3. The Bertz CT molecular complexity index is 1000. The van der Waals surface area contributed by atoms with Crippen molar-refractivity contribution < 1.29 is 22.7 Å². The second-order valence-electron chi connectivity index (χ2n) is 6.24. The van der Waals surface area contributed by atoms with E-state index < -0.39 is 10.0 Å². The molecule has 3 N–H and O–H groups in total. The zero-order valence-electron chi connectivity index (χ0n) is 15.3. The summed E-state index contributed by atoms with van der Waals surface area (Å²) >= 11 is 0. The van der Waals surface area contributed by atoms with E-state index in [9.17, 15) is 18.0 Å². The molecule has 0 spiro atoms. The summed E-state index contributed by atoms with van der Waals surface area (Å²) in [5, 5.41) is 5.34. The smallest absolute Gasteiger partial charge is 0.261 e. The average Bonchev–Trinajstić information content (AvgIpc) is 2.66. The van der Waals surface area contributed by atoms with Crippen LogP contribution in [0.1, 0.15) is 18.9 Å². The van der Waals surface area contributed by atoms with Crippen molar-refractivity contribution in [2.24, 2.45) is 0 Å². The normalized spacial score (nSPS) is 13.2. The van der Waals surface area contributed by atoms with Crippen molar-refractivity contribution in [3.8, 4) is 5.75 Å². The number of amides is 2. The maximum absolute atomic E-state index is 12.7. The van der Waals surface area contributed by atoms with Crippen LogP contribution in [0.4, 0.5) is 11.4 Å². The number of fused-ring (bicyclic) bond motifs is 1. The number of anilines is 2. The molecule has 3 rings (SSSR count). The van der Waals surface area contributed by atoms with Gasteiger partial charge >= 0.3 is 0 Å². The van der Waals surface area contributed by atoms with E-state index in [1.807, 2.05) is 6.92 Å². The molecule has 2 aromatic rings. The highest BCUT2D eigenvalue weighted by Gasteiger charge is 2.20. The Hall–Kier alpha value is -3.07. The minimum atomic E-state index is -3.81. The first-order valence-corrected chi connectivity index (χ1v) is 10.3. The van der Waals surface area contributed by atoms with Crippen LogP contribution in [0, 0.1) is 0 Å². The summed E-state index contributed by atoms with van der Waals surface area (Å²) in [7, 11) is -3.81. The van der Waals surface area contributed by atoms with Gasteiger partial charge in [-0.25, -0.2) is 8.42 Å². The van der Waals surface area contributed by atoms with Gasteiger partial charge in [-0.2, -0.15) is 0 Å². The third-order valence-corrected chi connectivity index (χ3v) is 5.49. The van der Waals surface area contributed by atoms with Gasteiger partial charge in [0.05, 0.1) is 10.6 Å². The van der Waals surface area contributed by atoms with Crippen LogP contribution in [-0.2, 0) is 26.0 Å². The van der Waals surface area contributed by atoms with Gasteiger partial charge in [-0.1, -0.05) is 6.07 Å². The molecular weight excluding hydrogens is 382 g/mol. The molecule has 28 heavy (non-hydrogen) atoms. The van der Waals surface area contributed by atoms with Crippen molar-refractivity contribution in [1.82, 2.24) is 5.32 Å². The monoisotopic (exact) mass is 403 g/mol. The lowest BCUT2D eigenvalue weighted by atomic mass is 10.0. The van der Waals surface area contributed by atoms with Gasteiger partial charge in [0.2, 0.25) is 5.91 Å². The number of carbonyl (C=O) groups is 2. The lowest BCUT2D eigenvalue weighted by molar-refractivity contribution is -0.123. The third kappa shape index (κ3) is 4.80. The topological polar surface area (TPSA) is 114 Å². The number of rotatable bonds is 7. The number of benzene rings is 2. The van der Waals surface area contributed by atoms with Gasteiger partial charge < -0.3 is 15.4 Å². The zero-order valence-corrected chi connectivity index (χ0v) is 16.1. The van der Waals surface area contributed by atoms with Crippen molar-refractivity contribution in [2.75, 3.05) is 23.2 Å². The molecule has 9 heteroatoms. The highest BCUT2D eigenvalue weighted by atomic mass is 32.2. The van der Waals surface area contributed by atoms with E-state index in [-0.39, 0.29) is 23.3 Å². The Morgan fingerprint density at radius 2 is 2.00 bits per heavy atom. The van der Waals surface area contributed by atoms with Crippen LogP contribution < -0.4 is 20.1 Å². The van der Waals surface area contributed by atoms with E-state index >= 15 is 0 Å². The molecule has 0 aliphatic carbocycles.